The van der Waals surface area contributed by atoms with Gasteiger partial charge in [0.05, 0.1) is 23.8 Å². The van der Waals surface area contributed by atoms with E-state index in [1.54, 1.807) is 54.6 Å². The molecule has 1 unspecified atom stereocenters. The number of benzene rings is 2. The predicted octanol–water partition coefficient (Wildman–Crippen LogP) is 4.86. The first-order valence-corrected chi connectivity index (χ1v) is 11.2. The Labute approximate surface area is 197 Å². The van der Waals surface area contributed by atoms with Crippen molar-refractivity contribution in [2.75, 3.05) is 18.5 Å². The summed E-state index contributed by atoms with van der Waals surface area (Å²) in [5, 5.41) is 2.73. The van der Waals surface area contributed by atoms with Gasteiger partial charge in [0.25, 0.3) is 17.7 Å². The first kappa shape index (κ1) is 21.4. The van der Waals surface area contributed by atoms with Gasteiger partial charge < -0.3 is 19.2 Å². The molecule has 0 radical (unpaired) electrons. The number of carbonyl (C=O) groups is 3. The molecule has 8 nitrogen and oxygen atoms in total. The van der Waals surface area contributed by atoms with E-state index in [1.165, 1.54) is 4.90 Å². The maximum atomic E-state index is 12.8. The monoisotopic (exact) mass is 510 g/mol. The average molecular weight is 511 g/mol. The third-order valence-corrected chi connectivity index (χ3v) is 5.92. The summed E-state index contributed by atoms with van der Waals surface area (Å²) < 4.78 is 17.1. The van der Waals surface area contributed by atoms with Crippen LogP contribution in [0.3, 0.4) is 0 Å². The standard InChI is InChI=1S/C24H19BrN2O6/c25-21-10-9-20(33-21)22(28)26-14-3-5-15(6-4-14)32-16-7-8-18-19(12-16)24(30)27(23(18)29)13-17-2-1-11-31-17/h3-10,12,17H,1-2,11,13H2,(H,26,28). The molecule has 1 aromatic heterocycles. The summed E-state index contributed by atoms with van der Waals surface area (Å²) in [6, 6.07) is 14.8. The Morgan fingerprint density at radius 2 is 1.79 bits per heavy atom. The van der Waals surface area contributed by atoms with Crippen molar-refractivity contribution in [3.8, 4) is 11.5 Å². The number of halogens is 1. The molecule has 2 aliphatic heterocycles. The minimum absolute atomic E-state index is 0.101. The number of furan rings is 1. The number of anilines is 1. The van der Waals surface area contributed by atoms with Crippen LogP contribution in [-0.4, -0.2) is 41.9 Å². The van der Waals surface area contributed by atoms with Gasteiger partial charge in [-0.3, -0.25) is 19.3 Å². The van der Waals surface area contributed by atoms with Crippen LogP contribution in [0.4, 0.5) is 5.69 Å². The van der Waals surface area contributed by atoms with Gasteiger partial charge in [0.15, 0.2) is 10.4 Å². The molecule has 2 aromatic carbocycles. The van der Waals surface area contributed by atoms with Crippen LogP contribution in [0.5, 0.6) is 11.5 Å². The molecule has 168 valence electrons. The fourth-order valence-electron chi connectivity index (χ4n) is 3.86. The second kappa shape index (κ2) is 8.84. The molecule has 3 aromatic rings. The highest BCUT2D eigenvalue weighted by atomic mass is 79.9. The van der Waals surface area contributed by atoms with Gasteiger partial charge in [0.2, 0.25) is 0 Å². The molecule has 3 heterocycles. The molecular formula is C24H19BrN2O6. The molecule has 1 saturated heterocycles. The van der Waals surface area contributed by atoms with Crippen molar-refractivity contribution in [2.45, 2.75) is 18.9 Å². The van der Waals surface area contributed by atoms with Crippen LogP contribution in [0.25, 0.3) is 0 Å². The summed E-state index contributed by atoms with van der Waals surface area (Å²) in [7, 11) is 0. The van der Waals surface area contributed by atoms with Crippen LogP contribution >= 0.6 is 15.9 Å². The molecular weight excluding hydrogens is 492 g/mol. The lowest BCUT2D eigenvalue weighted by molar-refractivity contribution is 0.0475. The van der Waals surface area contributed by atoms with Crippen LogP contribution in [0.2, 0.25) is 0 Å². The Hall–Kier alpha value is -3.43. The van der Waals surface area contributed by atoms with E-state index < -0.39 is 0 Å². The Morgan fingerprint density at radius 3 is 2.48 bits per heavy atom. The van der Waals surface area contributed by atoms with Crippen molar-refractivity contribution in [1.29, 1.82) is 0 Å². The summed E-state index contributed by atoms with van der Waals surface area (Å²) in [5.74, 6) is 0.129. The minimum Gasteiger partial charge on any atom is -0.457 e. The number of nitrogens with zero attached hydrogens (tertiary/aromatic N) is 1. The number of rotatable bonds is 6. The molecule has 3 amide bonds. The molecule has 1 atom stereocenters. The maximum absolute atomic E-state index is 12.8. The second-order valence-corrected chi connectivity index (χ2v) is 8.53. The molecule has 33 heavy (non-hydrogen) atoms. The first-order chi connectivity index (χ1) is 16.0. The molecule has 0 aliphatic carbocycles. The third-order valence-electron chi connectivity index (χ3n) is 5.50. The number of hydrogen-bond donors (Lipinski definition) is 1. The number of ether oxygens (including phenoxy) is 2. The van der Waals surface area contributed by atoms with Gasteiger partial charge in [-0.05, 0) is 83.4 Å². The van der Waals surface area contributed by atoms with Gasteiger partial charge >= 0.3 is 0 Å². The maximum Gasteiger partial charge on any atom is 0.291 e. The number of fused-ring (bicyclic) bond motifs is 1. The zero-order chi connectivity index (χ0) is 22.9. The van der Waals surface area contributed by atoms with Crippen molar-refractivity contribution in [2.24, 2.45) is 0 Å². The van der Waals surface area contributed by atoms with Crippen molar-refractivity contribution >= 4 is 39.3 Å². The smallest absolute Gasteiger partial charge is 0.291 e. The molecule has 2 aliphatic rings. The molecule has 1 fully saturated rings. The number of imide groups is 1. The number of hydrogen-bond acceptors (Lipinski definition) is 6. The summed E-state index contributed by atoms with van der Waals surface area (Å²) in [5.41, 5.74) is 1.26. The van der Waals surface area contributed by atoms with Gasteiger partial charge in [-0.1, -0.05) is 0 Å². The van der Waals surface area contributed by atoms with E-state index in [0.717, 1.165) is 12.8 Å². The van der Waals surface area contributed by atoms with E-state index in [0.29, 0.717) is 39.6 Å². The van der Waals surface area contributed by atoms with E-state index in [1.807, 2.05) is 0 Å². The molecule has 9 heteroatoms. The lowest BCUT2D eigenvalue weighted by atomic mass is 10.1. The van der Waals surface area contributed by atoms with E-state index in [4.69, 9.17) is 13.9 Å². The van der Waals surface area contributed by atoms with Crippen LogP contribution < -0.4 is 10.1 Å². The lowest BCUT2D eigenvalue weighted by Gasteiger charge is -2.17. The highest BCUT2D eigenvalue weighted by Gasteiger charge is 2.37. The van der Waals surface area contributed by atoms with Crippen molar-refractivity contribution in [1.82, 2.24) is 4.90 Å². The SMILES string of the molecule is O=C(Nc1ccc(Oc2ccc3c(c2)C(=O)N(CC2CCCO2)C3=O)cc1)c1ccc(Br)o1. The summed E-state index contributed by atoms with van der Waals surface area (Å²) in [6.45, 7) is 0.930. The first-order valence-electron chi connectivity index (χ1n) is 10.4. The summed E-state index contributed by atoms with van der Waals surface area (Å²) in [4.78, 5) is 38.9. The fraction of sp³-hybridized carbons (Fsp3) is 0.208. The average Bonchev–Trinajstić information content (AvgIpc) is 3.53. The van der Waals surface area contributed by atoms with Gasteiger partial charge in [0.1, 0.15) is 11.5 Å². The second-order valence-electron chi connectivity index (χ2n) is 7.75. The van der Waals surface area contributed by atoms with Crippen molar-refractivity contribution < 1.29 is 28.3 Å². The van der Waals surface area contributed by atoms with Crippen LogP contribution in [0.1, 0.15) is 44.1 Å². The molecule has 0 saturated carbocycles. The molecule has 0 bridgehead atoms. The largest absolute Gasteiger partial charge is 0.457 e. The van der Waals surface area contributed by atoms with Gasteiger partial charge in [-0.2, -0.15) is 0 Å². The Bertz CT molecular complexity index is 1230. The topological polar surface area (TPSA) is 98.1 Å². The van der Waals surface area contributed by atoms with E-state index >= 15 is 0 Å². The third kappa shape index (κ3) is 4.42. The van der Waals surface area contributed by atoms with Gasteiger partial charge in [0, 0.05) is 12.3 Å². The predicted molar refractivity (Wildman–Crippen MR) is 122 cm³/mol. The van der Waals surface area contributed by atoms with Gasteiger partial charge in [-0.25, -0.2) is 0 Å². The van der Waals surface area contributed by atoms with E-state index in [2.05, 4.69) is 21.2 Å². The van der Waals surface area contributed by atoms with Crippen LogP contribution in [-0.2, 0) is 4.74 Å². The molecule has 5 rings (SSSR count). The highest BCUT2D eigenvalue weighted by molar-refractivity contribution is 9.10. The highest BCUT2D eigenvalue weighted by Crippen LogP contribution is 2.31. The van der Waals surface area contributed by atoms with Crippen LogP contribution in [0.15, 0.2) is 63.7 Å². The Kier molecular flexibility index (Phi) is 5.74. The molecule has 1 N–H and O–H groups in total. The van der Waals surface area contributed by atoms with Crippen LogP contribution in [0, 0.1) is 0 Å². The van der Waals surface area contributed by atoms with Gasteiger partial charge in [-0.15, -0.1) is 0 Å². The quantitative estimate of drug-likeness (QED) is 0.475. The number of nitrogens with one attached hydrogen (secondary N) is 1. The minimum atomic E-state index is -0.372. The van der Waals surface area contributed by atoms with E-state index in [-0.39, 0.29) is 36.1 Å². The van der Waals surface area contributed by atoms with E-state index in [9.17, 15) is 14.4 Å². The summed E-state index contributed by atoms with van der Waals surface area (Å²) in [6.07, 6.45) is 1.68. The Balaban J connectivity index is 1.25. The summed E-state index contributed by atoms with van der Waals surface area (Å²) >= 11 is 3.16. The van der Waals surface area contributed by atoms with Crippen molar-refractivity contribution in [3.63, 3.8) is 0 Å². The molecule has 0 spiro atoms. The Morgan fingerprint density at radius 1 is 1.03 bits per heavy atom. The normalized spacial score (nSPS) is 17.4. The zero-order valence-corrected chi connectivity index (χ0v) is 19.0. The van der Waals surface area contributed by atoms with Crippen molar-refractivity contribution in [3.05, 3.63) is 76.2 Å². The fourth-order valence-corrected chi connectivity index (χ4v) is 4.17. The number of carbonyl (C=O) groups excluding carboxylic acids is 3. The zero-order valence-electron chi connectivity index (χ0n) is 17.4. The lowest BCUT2D eigenvalue weighted by Crippen LogP contribution is -2.36. The number of amides is 3.